The second-order valence-corrected chi connectivity index (χ2v) is 4.87. The Balaban J connectivity index is 2.17. The molecule has 0 bridgehead atoms. The first-order chi connectivity index (χ1) is 7.74. The van der Waals surface area contributed by atoms with Crippen molar-refractivity contribution >= 4 is 11.3 Å². The average molecular weight is 242 g/mol. The zero-order chi connectivity index (χ0) is 11.8. The minimum atomic E-state index is 0.539. The van der Waals surface area contributed by atoms with E-state index in [0.717, 1.165) is 26.2 Å². The highest BCUT2D eigenvalue weighted by Gasteiger charge is 2.08. The first-order valence-corrected chi connectivity index (χ1v) is 6.59. The molecule has 1 atom stereocenters. The van der Waals surface area contributed by atoms with Crippen LogP contribution in [0, 0.1) is 0 Å². The summed E-state index contributed by atoms with van der Waals surface area (Å²) >= 11 is 1.76. The lowest BCUT2D eigenvalue weighted by Crippen LogP contribution is -2.38. The topological polar surface area (TPSA) is 24.5 Å². The molecule has 4 heteroatoms. The number of methoxy groups -OCH3 is 1. The molecule has 0 radical (unpaired) electrons. The number of likely N-dealkylation sites (N-methyl/N-ethyl adjacent to an activating group) is 1. The number of nitrogens with one attached hydrogen (secondary N) is 1. The average Bonchev–Trinajstić information content (AvgIpc) is 2.76. The van der Waals surface area contributed by atoms with Crippen molar-refractivity contribution in [3.05, 3.63) is 22.4 Å². The molecule has 0 aliphatic heterocycles. The van der Waals surface area contributed by atoms with E-state index in [1.807, 2.05) is 0 Å². The minimum absolute atomic E-state index is 0.539. The van der Waals surface area contributed by atoms with E-state index in [1.165, 1.54) is 5.56 Å². The number of hydrogen-bond acceptors (Lipinski definition) is 4. The molecule has 0 saturated heterocycles. The van der Waals surface area contributed by atoms with Crippen LogP contribution in [0.25, 0.3) is 0 Å². The summed E-state index contributed by atoms with van der Waals surface area (Å²) in [4.78, 5) is 2.36. The third-order valence-corrected chi connectivity index (χ3v) is 3.42. The molecule has 1 aromatic rings. The molecule has 0 aliphatic carbocycles. The van der Waals surface area contributed by atoms with Gasteiger partial charge in [0.25, 0.3) is 0 Å². The Morgan fingerprint density at radius 2 is 2.38 bits per heavy atom. The number of ether oxygens (including phenoxy) is 1. The van der Waals surface area contributed by atoms with Crippen LogP contribution >= 0.6 is 11.3 Å². The molecule has 1 N–H and O–H groups in total. The van der Waals surface area contributed by atoms with Crippen molar-refractivity contribution in [2.45, 2.75) is 19.5 Å². The van der Waals surface area contributed by atoms with Gasteiger partial charge in [0, 0.05) is 32.8 Å². The molecular weight excluding hydrogens is 220 g/mol. The summed E-state index contributed by atoms with van der Waals surface area (Å²) in [5, 5.41) is 7.72. The van der Waals surface area contributed by atoms with Crippen LogP contribution in [0.3, 0.4) is 0 Å². The van der Waals surface area contributed by atoms with Gasteiger partial charge in [-0.3, -0.25) is 4.90 Å². The van der Waals surface area contributed by atoms with Gasteiger partial charge >= 0.3 is 0 Å². The molecule has 3 nitrogen and oxygen atoms in total. The number of hydrogen-bond donors (Lipinski definition) is 1. The van der Waals surface area contributed by atoms with Crippen molar-refractivity contribution in [1.29, 1.82) is 0 Å². The molecule has 92 valence electrons. The third-order valence-electron chi connectivity index (χ3n) is 2.69. The van der Waals surface area contributed by atoms with E-state index < -0.39 is 0 Å². The molecule has 0 saturated carbocycles. The second-order valence-electron chi connectivity index (χ2n) is 4.09. The van der Waals surface area contributed by atoms with Crippen LogP contribution in [-0.4, -0.2) is 44.8 Å². The van der Waals surface area contributed by atoms with Crippen LogP contribution in [-0.2, 0) is 11.3 Å². The number of rotatable bonds is 8. The molecule has 0 spiro atoms. The number of nitrogens with zero attached hydrogens (tertiary/aromatic N) is 1. The molecule has 0 amide bonds. The van der Waals surface area contributed by atoms with Gasteiger partial charge in [-0.25, -0.2) is 0 Å². The molecule has 16 heavy (non-hydrogen) atoms. The predicted octanol–water partition coefficient (Wildman–Crippen LogP) is 1.80. The monoisotopic (exact) mass is 242 g/mol. The smallest absolute Gasteiger partial charge is 0.0587 e. The van der Waals surface area contributed by atoms with Gasteiger partial charge in [0.2, 0.25) is 0 Å². The van der Waals surface area contributed by atoms with E-state index in [1.54, 1.807) is 18.4 Å². The maximum atomic E-state index is 4.99. The molecule has 1 unspecified atom stereocenters. The van der Waals surface area contributed by atoms with E-state index in [4.69, 9.17) is 4.74 Å². The van der Waals surface area contributed by atoms with Gasteiger partial charge in [-0.15, -0.1) is 0 Å². The summed E-state index contributed by atoms with van der Waals surface area (Å²) in [5.41, 5.74) is 1.40. The quantitative estimate of drug-likeness (QED) is 0.704. The van der Waals surface area contributed by atoms with E-state index in [-0.39, 0.29) is 0 Å². The Morgan fingerprint density at radius 3 is 3.00 bits per heavy atom. The normalized spacial score (nSPS) is 13.2. The molecule has 1 aromatic heterocycles. The SMILES string of the molecule is COCCNCC(C)N(C)Cc1ccsc1. The fraction of sp³-hybridized carbons (Fsp3) is 0.667. The second kappa shape index (κ2) is 7.79. The standard InChI is InChI=1S/C12H22N2OS/c1-11(8-13-5-6-15-3)14(2)9-12-4-7-16-10-12/h4,7,10-11,13H,5-6,8-9H2,1-3H3. The van der Waals surface area contributed by atoms with Gasteiger partial charge in [0.05, 0.1) is 6.61 Å². The van der Waals surface area contributed by atoms with Crippen molar-refractivity contribution < 1.29 is 4.74 Å². The summed E-state index contributed by atoms with van der Waals surface area (Å²) < 4.78 is 4.99. The molecular formula is C12H22N2OS. The van der Waals surface area contributed by atoms with Gasteiger partial charge < -0.3 is 10.1 Å². The van der Waals surface area contributed by atoms with Gasteiger partial charge in [-0.1, -0.05) is 0 Å². The lowest BCUT2D eigenvalue weighted by Gasteiger charge is -2.24. The van der Waals surface area contributed by atoms with Crippen molar-refractivity contribution in [3.8, 4) is 0 Å². The Morgan fingerprint density at radius 1 is 1.56 bits per heavy atom. The van der Waals surface area contributed by atoms with Gasteiger partial charge in [0.15, 0.2) is 0 Å². The summed E-state index contributed by atoms with van der Waals surface area (Å²) in [6.45, 7) is 5.97. The summed E-state index contributed by atoms with van der Waals surface area (Å²) in [6.07, 6.45) is 0. The summed E-state index contributed by atoms with van der Waals surface area (Å²) in [5.74, 6) is 0. The van der Waals surface area contributed by atoms with Gasteiger partial charge in [0.1, 0.15) is 0 Å². The van der Waals surface area contributed by atoms with Crippen LogP contribution in [0.5, 0.6) is 0 Å². The van der Waals surface area contributed by atoms with Gasteiger partial charge in [-0.05, 0) is 36.4 Å². The fourth-order valence-electron chi connectivity index (χ4n) is 1.47. The molecule has 0 aliphatic rings. The van der Waals surface area contributed by atoms with Crippen molar-refractivity contribution in [2.24, 2.45) is 0 Å². The predicted molar refractivity (Wildman–Crippen MR) is 70.0 cm³/mol. The molecule has 1 rings (SSSR count). The van der Waals surface area contributed by atoms with Crippen LogP contribution in [0.2, 0.25) is 0 Å². The van der Waals surface area contributed by atoms with Crippen molar-refractivity contribution in [1.82, 2.24) is 10.2 Å². The number of thiophene rings is 1. The Labute approximate surface area is 102 Å². The first kappa shape index (κ1) is 13.6. The molecule has 0 fully saturated rings. The van der Waals surface area contributed by atoms with E-state index in [0.29, 0.717) is 6.04 Å². The fourth-order valence-corrected chi connectivity index (χ4v) is 2.13. The van der Waals surface area contributed by atoms with E-state index in [9.17, 15) is 0 Å². The highest BCUT2D eigenvalue weighted by atomic mass is 32.1. The summed E-state index contributed by atoms with van der Waals surface area (Å²) in [6, 6.07) is 2.73. The third kappa shape index (κ3) is 5.07. The zero-order valence-corrected chi connectivity index (χ0v) is 11.2. The van der Waals surface area contributed by atoms with Gasteiger partial charge in [-0.2, -0.15) is 11.3 Å². The minimum Gasteiger partial charge on any atom is -0.383 e. The molecule has 1 heterocycles. The van der Waals surface area contributed by atoms with Crippen molar-refractivity contribution in [3.63, 3.8) is 0 Å². The van der Waals surface area contributed by atoms with Crippen LogP contribution in [0.15, 0.2) is 16.8 Å². The lowest BCUT2D eigenvalue weighted by atomic mass is 10.2. The zero-order valence-electron chi connectivity index (χ0n) is 10.4. The Bertz CT molecular complexity index is 264. The highest BCUT2D eigenvalue weighted by molar-refractivity contribution is 7.07. The Hall–Kier alpha value is -0.420. The van der Waals surface area contributed by atoms with Crippen molar-refractivity contribution in [2.75, 3.05) is 33.9 Å². The Kier molecular flexibility index (Phi) is 6.64. The first-order valence-electron chi connectivity index (χ1n) is 5.65. The van der Waals surface area contributed by atoms with E-state index in [2.05, 4.69) is 41.0 Å². The van der Waals surface area contributed by atoms with Crippen LogP contribution in [0.1, 0.15) is 12.5 Å². The molecule has 0 aromatic carbocycles. The lowest BCUT2D eigenvalue weighted by molar-refractivity contribution is 0.191. The maximum Gasteiger partial charge on any atom is 0.0587 e. The van der Waals surface area contributed by atoms with Crippen LogP contribution in [0.4, 0.5) is 0 Å². The maximum absolute atomic E-state index is 4.99. The van der Waals surface area contributed by atoms with E-state index >= 15 is 0 Å². The largest absolute Gasteiger partial charge is 0.383 e. The summed E-state index contributed by atoms with van der Waals surface area (Å²) in [7, 11) is 3.90. The highest BCUT2D eigenvalue weighted by Crippen LogP contribution is 2.09. The van der Waals surface area contributed by atoms with Crippen LogP contribution < -0.4 is 5.32 Å².